The quantitative estimate of drug-likeness (QED) is 0.820. The lowest BCUT2D eigenvalue weighted by Gasteiger charge is -2.20. The van der Waals surface area contributed by atoms with Crippen LogP contribution in [0.2, 0.25) is 0 Å². The normalized spacial score (nSPS) is 19.2. The van der Waals surface area contributed by atoms with Crippen LogP contribution < -0.4 is 11.1 Å². The Bertz CT molecular complexity index is 548. The Labute approximate surface area is 133 Å². The molecule has 114 valence electrons. The smallest absolute Gasteiger partial charge is 0.244 e. The van der Waals surface area contributed by atoms with E-state index in [-0.39, 0.29) is 18.4 Å². The third-order valence-electron chi connectivity index (χ3n) is 3.70. The Balaban J connectivity index is 1.96. The van der Waals surface area contributed by atoms with E-state index in [9.17, 15) is 9.59 Å². The molecule has 0 spiro atoms. The molecule has 1 aliphatic rings. The Kier molecular flexibility index (Phi) is 5.22. The lowest BCUT2D eigenvalue weighted by Crippen LogP contribution is -2.37. The van der Waals surface area contributed by atoms with Crippen LogP contribution in [0.1, 0.15) is 26.2 Å². The highest BCUT2D eigenvalue weighted by Gasteiger charge is 2.22. The summed E-state index contributed by atoms with van der Waals surface area (Å²) in [5.41, 5.74) is 6.94. The summed E-state index contributed by atoms with van der Waals surface area (Å²) in [4.78, 5) is 25.7. The molecule has 1 atom stereocenters. The minimum absolute atomic E-state index is 0.0610. The Hall–Kier alpha value is -1.56. The maximum absolute atomic E-state index is 12.1. The van der Waals surface area contributed by atoms with E-state index < -0.39 is 0 Å². The number of nitrogens with two attached hydrogens (primary N) is 1. The molecular weight excluding hydrogens is 334 g/mol. The molecule has 1 heterocycles. The van der Waals surface area contributed by atoms with Crippen molar-refractivity contribution < 1.29 is 9.59 Å². The molecule has 5 nitrogen and oxygen atoms in total. The van der Waals surface area contributed by atoms with Gasteiger partial charge in [0, 0.05) is 23.1 Å². The fraction of sp³-hybridized carbons (Fsp3) is 0.467. The van der Waals surface area contributed by atoms with Gasteiger partial charge in [-0.3, -0.25) is 9.59 Å². The van der Waals surface area contributed by atoms with Gasteiger partial charge in [0.15, 0.2) is 0 Å². The van der Waals surface area contributed by atoms with Crippen LogP contribution in [0.4, 0.5) is 11.4 Å². The van der Waals surface area contributed by atoms with E-state index in [2.05, 4.69) is 28.2 Å². The fourth-order valence-corrected chi connectivity index (χ4v) is 2.83. The highest BCUT2D eigenvalue weighted by atomic mass is 79.9. The number of nitrogen functional groups attached to an aromatic ring is 1. The summed E-state index contributed by atoms with van der Waals surface area (Å²) in [5, 5.41) is 2.80. The molecule has 0 aromatic heterocycles. The highest BCUT2D eigenvalue weighted by molar-refractivity contribution is 9.10. The lowest BCUT2D eigenvalue weighted by atomic mass is 10.0. The van der Waals surface area contributed by atoms with E-state index in [1.54, 1.807) is 23.1 Å². The Morgan fingerprint density at radius 3 is 2.95 bits per heavy atom. The van der Waals surface area contributed by atoms with Crippen molar-refractivity contribution in [2.75, 3.05) is 24.1 Å². The van der Waals surface area contributed by atoms with Gasteiger partial charge in [-0.25, -0.2) is 0 Å². The van der Waals surface area contributed by atoms with Gasteiger partial charge in [-0.05, 0) is 52.9 Å². The van der Waals surface area contributed by atoms with E-state index in [1.165, 1.54) is 0 Å². The molecule has 1 aromatic carbocycles. The highest BCUT2D eigenvalue weighted by Crippen LogP contribution is 2.24. The van der Waals surface area contributed by atoms with Gasteiger partial charge in [0.05, 0.1) is 12.2 Å². The van der Waals surface area contributed by atoms with Gasteiger partial charge < -0.3 is 16.0 Å². The second-order valence-electron chi connectivity index (χ2n) is 5.54. The van der Waals surface area contributed by atoms with Crippen LogP contribution in [0.5, 0.6) is 0 Å². The SMILES string of the molecule is CC1CCC(=O)N(CC(=O)Nc2ccc(N)cc2Br)CC1. The predicted molar refractivity (Wildman–Crippen MR) is 86.8 cm³/mol. The van der Waals surface area contributed by atoms with Crippen molar-refractivity contribution in [3.8, 4) is 0 Å². The number of hydrogen-bond acceptors (Lipinski definition) is 3. The number of halogens is 1. The molecule has 1 fully saturated rings. The average Bonchev–Trinajstić information content (AvgIpc) is 2.57. The zero-order valence-corrected chi connectivity index (χ0v) is 13.6. The monoisotopic (exact) mass is 353 g/mol. The summed E-state index contributed by atoms with van der Waals surface area (Å²) in [6.07, 6.45) is 2.38. The van der Waals surface area contributed by atoms with Crippen LogP contribution in [0.15, 0.2) is 22.7 Å². The van der Waals surface area contributed by atoms with Crippen LogP contribution in [0.25, 0.3) is 0 Å². The summed E-state index contributed by atoms with van der Waals surface area (Å²) in [5.74, 6) is 0.405. The first-order valence-electron chi connectivity index (χ1n) is 7.08. The van der Waals surface area contributed by atoms with Gasteiger partial charge in [-0.1, -0.05) is 6.92 Å². The number of carbonyl (C=O) groups is 2. The second kappa shape index (κ2) is 6.93. The molecule has 0 aliphatic carbocycles. The molecule has 2 amide bonds. The van der Waals surface area contributed by atoms with Crippen molar-refractivity contribution in [1.82, 2.24) is 4.90 Å². The molecule has 21 heavy (non-hydrogen) atoms. The summed E-state index contributed by atoms with van der Waals surface area (Å²) in [7, 11) is 0. The Morgan fingerprint density at radius 2 is 2.24 bits per heavy atom. The summed E-state index contributed by atoms with van der Waals surface area (Å²) in [6, 6.07) is 5.19. The molecule has 1 aliphatic heterocycles. The molecule has 1 unspecified atom stereocenters. The topological polar surface area (TPSA) is 75.4 Å². The molecule has 0 bridgehead atoms. The zero-order valence-electron chi connectivity index (χ0n) is 12.1. The van der Waals surface area contributed by atoms with Crippen LogP contribution in [0.3, 0.4) is 0 Å². The summed E-state index contributed by atoms with van der Waals surface area (Å²) >= 11 is 3.36. The van der Waals surface area contributed by atoms with E-state index in [4.69, 9.17) is 5.73 Å². The van der Waals surface area contributed by atoms with Gasteiger partial charge in [0.1, 0.15) is 0 Å². The zero-order chi connectivity index (χ0) is 15.4. The number of likely N-dealkylation sites (tertiary alicyclic amines) is 1. The van der Waals surface area contributed by atoms with Crippen LogP contribution >= 0.6 is 15.9 Å². The van der Waals surface area contributed by atoms with Crippen molar-refractivity contribution >= 4 is 39.1 Å². The maximum atomic E-state index is 12.1. The predicted octanol–water partition coefficient (Wildman–Crippen LogP) is 2.62. The largest absolute Gasteiger partial charge is 0.399 e. The summed E-state index contributed by atoms with van der Waals surface area (Å²) in [6.45, 7) is 2.89. The molecule has 3 N–H and O–H groups in total. The third kappa shape index (κ3) is 4.46. The molecule has 0 radical (unpaired) electrons. The first-order valence-corrected chi connectivity index (χ1v) is 7.87. The standard InChI is InChI=1S/C15H20BrN3O2/c1-10-2-5-15(21)19(7-6-10)9-14(20)18-13-4-3-11(17)8-12(13)16/h3-4,8,10H,2,5-7,9,17H2,1H3,(H,18,20). The van der Waals surface area contributed by atoms with E-state index >= 15 is 0 Å². The van der Waals surface area contributed by atoms with Crippen molar-refractivity contribution in [2.45, 2.75) is 26.2 Å². The first-order chi connectivity index (χ1) is 9.95. The number of rotatable bonds is 3. The minimum Gasteiger partial charge on any atom is -0.399 e. The molecule has 6 heteroatoms. The molecule has 1 saturated heterocycles. The summed E-state index contributed by atoms with van der Waals surface area (Å²) < 4.78 is 0.728. The fourth-order valence-electron chi connectivity index (χ4n) is 2.34. The van der Waals surface area contributed by atoms with Gasteiger partial charge >= 0.3 is 0 Å². The van der Waals surface area contributed by atoms with Crippen LogP contribution in [0, 0.1) is 5.92 Å². The van der Waals surface area contributed by atoms with E-state index in [1.807, 2.05) is 0 Å². The number of benzene rings is 1. The number of nitrogens with one attached hydrogen (secondary N) is 1. The van der Waals surface area contributed by atoms with Crippen molar-refractivity contribution in [3.05, 3.63) is 22.7 Å². The van der Waals surface area contributed by atoms with E-state index in [0.717, 1.165) is 17.3 Å². The van der Waals surface area contributed by atoms with Crippen LogP contribution in [-0.4, -0.2) is 29.8 Å². The Morgan fingerprint density at radius 1 is 1.48 bits per heavy atom. The number of amides is 2. The number of hydrogen-bond donors (Lipinski definition) is 2. The van der Waals surface area contributed by atoms with Crippen LogP contribution in [-0.2, 0) is 9.59 Å². The third-order valence-corrected chi connectivity index (χ3v) is 4.35. The number of anilines is 2. The minimum atomic E-state index is -0.191. The van der Waals surface area contributed by atoms with Gasteiger partial charge in [0.25, 0.3) is 0 Å². The van der Waals surface area contributed by atoms with Crippen molar-refractivity contribution in [3.63, 3.8) is 0 Å². The maximum Gasteiger partial charge on any atom is 0.244 e. The lowest BCUT2D eigenvalue weighted by molar-refractivity contribution is -0.134. The van der Waals surface area contributed by atoms with Gasteiger partial charge in [-0.2, -0.15) is 0 Å². The number of carbonyl (C=O) groups excluding carboxylic acids is 2. The van der Waals surface area contributed by atoms with Crippen molar-refractivity contribution in [2.24, 2.45) is 5.92 Å². The molecule has 2 rings (SSSR count). The molecular formula is C15H20BrN3O2. The van der Waals surface area contributed by atoms with Gasteiger partial charge in [-0.15, -0.1) is 0 Å². The number of nitrogens with zero attached hydrogens (tertiary/aromatic N) is 1. The van der Waals surface area contributed by atoms with Crippen molar-refractivity contribution in [1.29, 1.82) is 0 Å². The molecule has 0 saturated carbocycles. The van der Waals surface area contributed by atoms with Gasteiger partial charge in [0.2, 0.25) is 11.8 Å². The average molecular weight is 354 g/mol. The first kappa shape index (κ1) is 15.8. The van der Waals surface area contributed by atoms with E-state index in [0.29, 0.717) is 30.3 Å². The second-order valence-corrected chi connectivity index (χ2v) is 6.39. The molecule has 1 aromatic rings.